The van der Waals surface area contributed by atoms with Gasteiger partial charge in [-0.3, -0.25) is 0 Å². The van der Waals surface area contributed by atoms with E-state index in [9.17, 15) is 0 Å². The Kier molecular flexibility index (Phi) is 13.7. The van der Waals surface area contributed by atoms with Crippen LogP contribution in [0.1, 0.15) is 66.2 Å². The van der Waals surface area contributed by atoms with Gasteiger partial charge in [0.2, 0.25) is 0 Å². The number of hydrogen-bond acceptors (Lipinski definition) is 2. The van der Waals surface area contributed by atoms with E-state index in [4.69, 9.17) is 9.31 Å². The second kappa shape index (κ2) is 13.5. The molecule has 23 heavy (non-hydrogen) atoms. The van der Waals surface area contributed by atoms with Crippen LogP contribution in [0.2, 0.25) is 14.8 Å². The summed E-state index contributed by atoms with van der Waals surface area (Å²) in [4.78, 5) is 7.43. The zero-order valence-electron chi connectivity index (χ0n) is 16.7. The molecule has 0 aromatic heterocycles. The Morgan fingerprint density at radius 1 is 0.957 bits per heavy atom. The Hall–Kier alpha value is 0.264. The molecule has 0 saturated heterocycles. The third-order valence-corrected chi connectivity index (χ3v) is 10.6. The molecule has 0 aliphatic carbocycles. The van der Waals surface area contributed by atoms with Crippen LogP contribution in [-0.2, 0) is 9.31 Å². The monoisotopic (exact) mass is 430 g/mol. The first-order valence-corrected chi connectivity index (χ1v) is 19.4. The van der Waals surface area contributed by atoms with Gasteiger partial charge in [0.25, 0.3) is 0 Å². The summed E-state index contributed by atoms with van der Waals surface area (Å²) in [6, 6.07) is 0. The summed E-state index contributed by atoms with van der Waals surface area (Å²) in [6.45, 7) is 10.4. The van der Waals surface area contributed by atoms with Crippen molar-refractivity contribution in [1.29, 1.82) is 0 Å². The summed E-state index contributed by atoms with van der Waals surface area (Å²) >= 11 is -2.13. The van der Waals surface area contributed by atoms with E-state index >= 15 is 0 Å². The van der Waals surface area contributed by atoms with Crippen molar-refractivity contribution in [3.05, 3.63) is 21.2 Å². The van der Waals surface area contributed by atoms with E-state index in [0.29, 0.717) is 0 Å². The molecule has 0 atom stereocenters. The van der Waals surface area contributed by atoms with Crippen LogP contribution < -0.4 is 0 Å². The molecule has 134 valence electrons. The zero-order chi connectivity index (χ0) is 17.7. The van der Waals surface area contributed by atoms with Crippen LogP contribution in [0, 0.1) is 0 Å². The fourth-order valence-electron chi connectivity index (χ4n) is 2.05. The predicted molar refractivity (Wildman–Crippen MR) is 108 cm³/mol. The maximum absolute atomic E-state index is 6.00. The van der Waals surface area contributed by atoms with Crippen molar-refractivity contribution in [2.75, 3.05) is 13.2 Å². The van der Waals surface area contributed by atoms with Gasteiger partial charge >= 0.3 is 150 Å². The van der Waals surface area contributed by atoms with Gasteiger partial charge in [-0.15, -0.1) is 0 Å². The van der Waals surface area contributed by atoms with Crippen molar-refractivity contribution >= 4 is 25.5 Å². The van der Waals surface area contributed by atoms with Gasteiger partial charge in [0, 0.05) is 0 Å². The molecular formula is C19H39BO2Sn. The summed E-state index contributed by atoms with van der Waals surface area (Å²) in [5, 5.41) is 0. The van der Waals surface area contributed by atoms with Crippen molar-refractivity contribution < 1.29 is 9.31 Å². The summed E-state index contributed by atoms with van der Waals surface area (Å²) in [5.74, 6) is 2.31. The van der Waals surface area contributed by atoms with Gasteiger partial charge in [-0.05, 0) is 0 Å². The molecule has 0 saturated carbocycles. The van der Waals surface area contributed by atoms with Gasteiger partial charge < -0.3 is 0 Å². The maximum atomic E-state index is 6.00. The molecule has 0 heterocycles. The number of unbranched alkanes of at least 4 members (excludes halogenated alkanes) is 2. The molecule has 0 aliphatic heterocycles. The van der Waals surface area contributed by atoms with E-state index in [0.717, 1.165) is 51.7 Å². The first-order valence-electron chi connectivity index (χ1n) is 9.45. The fourth-order valence-corrected chi connectivity index (χ4v) is 5.90. The van der Waals surface area contributed by atoms with Crippen molar-refractivity contribution in [3.63, 3.8) is 0 Å². The second-order valence-corrected chi connectivity index (χ2v) is 22.0. The van der Waals surface area contributed by atoms with Crippen LogP contribution >= 0.6 is 0 Å². The number of allylic oxidation sites excluding steroid dienone is 3. The van der Waals surface area contributed by atoms with E-state index < -0.39 is 18.4 Å². The summed E-state index contributed by atoms with van der Waals surface area (Å²) in [5.41, 5.74) is 1.47. The third kappa shape index (κ3) is 12.3. The van der Waals surface area contributed by atoms with E-state index in [2.05, 4.69) is 54.6 Å². The fraction of sp³-hybridized carbons (Fsp3) is 0.789. The van der Waals surface area contributed by atoms with E-state index in [1.165, 1.54) is 5.57 Å². The van der Waals surface area contributed by atoms with Crippen LogP contribution in [0.4, 0.5) is 0 Å². The SMILES string of the molecule is CCCCOB(/C=[C](/CC=C(C)CC)[Sn]([CH3])([CH3])[CH3])OCCCC. The molecule has 0 unspecified atom stereocenters. The Morgan fingerprint density at radius 3 is 1.87 bits per heavy atom. The van der Waals surface area contributed by atoms with Crippen LogP contribution in [-0.4, -0.2) is 38.7 Å². The molecule has 0 rings (SSSR count). The van der Waals surface area contributed by atoms with E-state index in [-0.39, 0.29) is 7.12 Å². The van der Waals surface area contributed by atoms with Crippen LogP contribution in [0.3, 0.4) is 0 Å². The molecule has 4 heteroatoms. The van der Waals surface area contributed by atoms with Crippen molar-refractivity contribution in [2.24, 2.45) is 0 Å². The molecule has 0 aromatic rings. The van der Waals surface area contributed by atoms with Crippen molar-refractivity contribution in [2.45, 2.75) is 81.0 Å². The van der Waals surface area contributed by atoms with Gasteiger partial charge in [-0.25, -0.2) is 0 Å². The van der Waals surface area contributed by atoms with E-state index in [1.807, 2.05) is 0 Å². The second-order valence-electron chi connectivity index (χ2n) is 7.37. The minimum absolute atomic E-state index is 0.158. The van der Waals surface area contributed by atoms with Gasteiger partial charge in [0.1, 0.15) is 0 Å². The van der Waals surface area contributed by atoms with Gasteiger partial charge in [-0.2, -0.15) is 0 Å². The van der Waals surface area contributed by atoms with E-state index in [1.54, 1.807) is 3.59 Å². The molecule has 0 amide bonds. The Balaban J connectivity index is 5.02. The first kappa shape index (κ1) is 23.3. The molecular weight excluding hydrogens is 390 g/mol. The van der Waals surface area contributed by atoms with Crippen LogP contribution in [0.25, 0.3) is 0 Å². The Bertz CT molecular complexity index is 349. The molecule has 0 N–H and O–H groups in total. The summed E-state index contributed by atoms with van der Waals surface area (Å²) in [7, 11) is -0.158. The molecule has 0 spiro atoms. The number of hydrogen-bond donors (Lipinski definition) is 0. The van der Waals surface area contributed by atoms with Crippen LogP contribution in [0.15, 0.2) is 21.2 Å². The third-order valence-electron chi connectivity index (χ3n) is 4.09. The van der Waals surface area contributed by atoms with Crippen LogP contribution in [0.5, 0.6) is 0 Å². The average molecular weight is 429 g/mol. The van der Waals surface area contributed by atoms with Crippen molar-refractivity contribution in [3.8, 4) is 0 Å². The molecule has 2 nitrogen and oxygen atoms in total. The predicted octanol–water partition coefficient (Wildman–Crippen LogP) is 6.20. The normalized spacial score (nSPS) is 13.5. The quantitative estimate of drug-likeness (QED) is 0.197. The molecule has 0 fully saturated rings. The molecule has 0 radical (unpaired) electrons. The molecule has 0 aliphatic rings. The first-order chi connectivity index (χ1) is 10.8. The molecule has 0 bridgehead atoms. The standard InChI is InChI=1S/C16H30BO2.3CH3.Sn/c1-5-8-14-18-17(19-15-9-6-2)13-11-10-12-16(4)7-3;;;;/h12-13H,5-10,14-15H2,1-4H3;3*1H3;. The summed E-state index contributed by atoms with van der Waals surface area (Å²) in [6.07, 6.45) is 9.13. The van der Waals surface area contributed by atoms with Gasteiger partial charge in [0.15, 0.2) is 0 Å². The minimum atomic E-state index is -2.13. The topological polar surface area (TPSA) is 18.5 Å². The van der Waals surface area contributed by atoms with Gasteiger partial charge in [-0.1, -0.05) is 0 Å². The Labute approximate surface area is 150 Å². The average Bonchev–Trinajstić information content (AvgIpc) is 2.49. The Morgan fingerprint density at radius 2 is 1.48 bits per heavy atom. The zero-order valence-corrected chi connectivity index (χ0v) is 19.6. The molecule has 0 aromatic carbocycles. The van der Waals surface area contributed by atoms with Gasteiger partial charge in [0.05, 0.1) is 0 Å². The summed E-state index contributed by atoms with van der Waals surface area (Å²) < 4.78 is 13.6. The van der Waals surface area contributed by atoms with Crippen molar-refractivity contribution in [1.82, 2.24) is 0 Å². The number of rotatable bonds is 13.